The zero-order valence-electron chi connectivity index (χ0n) is 20.0. The number of pyridine rings is 1. The number of rotatable bonds is 9. The van der Waals surface area contributed by atoms with E-state index >= 15 is 0 Å². The molecule has 0 spiro atoms. The van der Waals surface area contributed by atoms with Gasteiger partial charge in [0.2, 0.25) is 12.7 Å². The summed E-state index contributed by atoms with van der Waals surface area (Å²) in [6.07, 6.45) is 4.48. The van der Waals surface area contributed by atoms with E-state index in [1.165, 1.54) is 12.1 Å². The van der Waals surface area contributed by atoms with E-state index in [0.717, 1.165) is 0 Å². The van der Waals surface area contributed by atoms with Crippen LogP contribution in [0.4, 0.5) is 14.6 Å². The molecule has 0 bridgehead atoms. The number of hydrogen-bond donors (Lipinski definition) is 1. The molecule has 2 N–H and O–H groups in total. The summed E-state index contributed by atoms with van der Waals surface area (Å²) in [5.41, 5.74) is 9.42. The Bertz CT molecular complexity index is 1420. The van der Waals surface area contributed by atoms with Crippen LogP contribution in [0.5, 0.6) is 11.6 Å². The molecule has 0 aliphatic carbocycles. The summed E-state index contributed by atoms with van der Waals surface area (Å²) in [6.45, 7) is 7.47. The minimum atomic E-state index is -1.02. The van der Waals surface area contributed by atoms with Gasteiger partial charge in [-0.1, -0.05) is 6.58 Å². The van der Waals surface area contributed by atoms with E-state index < -0.39 is 18.8 Å². The van der Waals surface area contributed by atoms with Gasteiger partial charge in [-0.15, -0.1) is 5.10 Å². The molecule has 8 nitrogen and oxygen atoms in total. The molecule has 0 amide bonds. The maximum Gasteiger partial charge on any atom is 0.243 e. The zero-order chi connectivity index (χ0) is 26.0. The van der Waals surface area contributed by atoms with Gasteiger partial charge in [-0.25, -0.2) is 13.8 Å². The average molecular weight is 559 g/mol. The highest BCUT2D eigenvalue weighted by Gasteiger charge is 2.24. The second kappa shape index (κ2) is 10.5. The summed E-state index contributed by atoms with van der Waals surface area (Å²) in [7, 11) is 1.77. The van der Waals surface area contributed by atoms with Crippen molar-refractivity contribution in [2.75, 3.05) is 12.6 Å². The maximum absolute atomic E-state index is 14.4. The van der Waals surface area contributed by atoms with Gasteiger partial charge in [0.1, 0.15) is 17.6 Å². The fourth-order valence-corrected chi connectivity index (χ4v) is 4.16. The molecule has 0 aliphatic rings. The molecule has 188 valence electrons. The first-order chi connectivity index (χ1) is 17.2. The van der Waals surface area contributed by atoms with Crippen molar-refractivity contribution < 1.29 is 18.3 Å². The smallest absolute Gasteiger partial charge is 0.243 e. The molecule has 0 aliphatic heterocycles. The zero-order valence-corrected chi connectivity index (χ0v) is 21.6. The lowest BCUT2D eigenvalue weighted by Gasteiger charge is -2.19. The fraction of sp³-hybridized carbons (Fsp3) is 0.240. The van der Waals surface area contributed by atoms with E-state index in [1.54, 1.807) is 54.1 Å². The molecular formula is C25H25BrF2N6O2. The molecule has 4 aromatic rings. The van der Waals surface area contributed by atoms with Crippen molar-refractivity contribution in [3.8, 4) is 22.9 Å². The number of alkyl halides is 1. The molecule has 11 heteroatoms. The van der Waals surface area contributed by atoms with Crippen LogP contribution in [0.25, 0.3) is 16.8 Å². The van der Waals surface area contributed by atoms with E-state index in [-0.39, 0.29) is 11.7 Å². The summed E-state index contributed by atoms with van der Waals surface area (Å²) < 4.78 is 42.6. The van der Waals surface area contributed by atoms with Crippen LogP contribution >= 0.6 is 15.9 Å². The molecule has 1 atom stereocenters. The SMILES string of the molecule is C=C(c1cn(CC)nc1OCF)c1cn(C)nc1-c1ccc(F)cc1[C@@H](C)Oc1cc(Br)cnc1N. The van der Waals surface area contributed by atoms with Gasteiger partial charge >= 0.3 is 0 Å². The number of ether oxygens (including phenoxy) is 2. The summed E-state index contributed by atoms with van der Waals surface area (Å²) in [5, 5.41) is 8.90. The van der Waals surface area contributed by atoms with Gasteiger partial charge < -0.3 is 15.2 Å². The first-order valence-electron chi connectivity index (χ1n) is 11.1. The van der Waals surface area contributed by atoms with E-state index in [9.17, 15) is 8.78 Å². The Morgan fingerprint density at radius 2 is 2.00 bits per heavy atom. The summed E-state index contributed by atoms with van der Waals surface area (Å²) in [5.74, 6) is 0.275. The van der Waals surface area contributed by atoms with Gasteiger partial charge in [0.15, 0.2) is 11.6 Å². The van der Waals surface area contributed by atoms with Crippen LogP contribution in [0.2, 0.25) is 0 Å². The van der Waals surface area contributed by atoms with Crippen LogP contribution in [-0.2, 0) is 13.6 Å². The Morgan fingerprint density at radius 1 is 1.22 bits per heavy atom. The molecule has 3 heterocycles. The lowest BCUT2D eigenvalue weighted by molar-refractivity contribution is 0.182. The predicted molar refractivity (Wildman–Crippen MR) is 137 cm³/mol. The Labute approximate surface area is 215 Å². The van der Waals surface area contributed by atoms with E-state index in [4.69, 9.17) is 15.2 Å². The van der Waals surface area contributed by atoms with Crippen molar-refractivity contribution in [2.45, 2.75) is 26.5 Å². The monoisotopic (exact) mass is 558 g/mol. The number of aryl methyl sites for hydroxylation is 2. The molecule has 36 heavy (non-hydrogen) atoms. The van der Waals surface area contributed by atoms with Gasteiger partial charge in [0.25, 0.3) is 0 Å². The number of nitrogen functional groups attached to an aromatic ring is 1. The molecule has 0 fully saturated rings. The van der Waals surface area contributed by atoms with Crippen molar-refractivity contribution in [1.82, 2.24) is 24.5 Å². The topological polar surface area (TPSA) is 93.0 Å². The molecular weight excluding hydrogens is 534 g/mol. The van der Waals surface area contributed by atoms with Gasteiger partial charge in [0, 0.05) is 53.3 Å². The third-order valence-corrected chi connectivity index (χ3v) is 6.01. The van der Waals surface area contributed by atoms with Crippen molar-refractivity contribution in [3.63, 3.8) is 0 Å². The molecule has 3 aromatic heterocycles. The molecule has 1 aromatic carbocycles. The van der Waals surface area contributed by atoms with Crippen LogP contribution in [0, 0.1) is 5.82 Å². The van der Waals surface area contributed by atoms with Gasteiger partial charge in [-0.2, -0.15) is 5.10 Å². The number of hydrogen-bond acceptors (Lipinski definition) is 6. The standard InChI is InChI=1S/C25H25BrF2N6O2/c1-5-34-12-21(25(32-34)35-13-27)14(2)20-11-33(4)31-23(20)18-7-6-17(28)9-19(18)15(3)36-22-8-16(26)10-30-24(22)29/h6-12,15H,2,5,13H2,1,3-4H3,(H2,29,30)/t15-/m1/s1. The van der Waals surface area contributed by atoms with E-state index in [2.05, 4.69) is 37.7 Å². The van der Waals surface area contributed by atoms with Crippen molar-refractivity contribution in [1.29, 1.82) is 0 Å². The Kier molecular flexibility index (Phi) is 7.39. The summed E-state index contributed by atoms with van der Waals surface area (Å²) >= 11 is 3.36. The number of nitrogens with two attached hydrogens (primary N) is 1. The quantitative estimate of drug-likeness (QED) is 0.283. The predicted octanol–water partition coefficient (Wildman–Crippen LogP) is 5.69. The Balaban J connectivity index is 1.78. The number of aromatic nitrogens is 5. The van der Waals surface area contributed by atoms with Crippen LogP contribution in [0.1, 0.15) is 36.6 Å². The fourth-order valence-electron chi connectivity index (χ4n) is 3.85. The first-order valence-corrected chi connectivity index (χ1v) is 11.9. The molecule has 0 unspecified atom stereocenters. The third kappa shape index (κ3) is 5.11. The first kappa shape index (κ1) is 25.4. The highest BCUT2D eigenvalue weighted by atomic mass is 79.9. The summed E-state index contributed by atoms with van der Waals surface area (Å²) in [6, 6.07) is 6.09. The van der Waals surface area contributed by atoms with Crippen LogP contribution in [-0.4, -0.2) is 31.4 Å². The number of halogens is 3. The number of benzene rings is 1. The van der Waals surface area contributed by atoms with Gasteiger partial charge in [-0.05, 0) is 59.6 Å². The number of anilines is 1. The van der Waals surface area contributed by atoms with Crippen LogP contribution < -0.4 is 15.2 Å². The average Bonchev–Trinajstić information content (AvgIpc) is 3.44. The van der Waals surface area contributed by atoms with E-state index in [0.29, 0.717) is 50.3 Å². The molecule has 4 rings (SSSR count). The number of nitrogens with zero attached hydrogens (tertiary/aromatic N) is 5. The molecule has 0 saturated carbocycles. The highest BCUT2D eigenvalue weighted by Crippen LogP contribution is 2.38. The van der Waals surface area contributed by atoms with Crippen molar-refractivity contribution in [2.24, 2.45) is 7.05 Å². The molecule has 0 radical (unpaired) electrons. The van der Waals surface area contributed by atoms with E-state index in [1.807, 2.05) is 6.92 Å². The molecule has 0 saturated heterocycles. The maximum atomic E-state index is 14.4. The summed E-state index contributed by atoms with van der Waals surface area (Å²) in [4.78, 5) is 4.09. The Hall–Kier alpha value is -3.73. The normalized spacial score (nSPS) is 11.9. The van der Waals surface area contributed by atoms with Crippen molar-refractivity contribution >= 4 is 27.3 Å². The Morgan fingerprint density at radius 3 is 2.72 bits per heavy atom. The lowest BCUT2D eigenvalue weighted by Crippen LogP contribution is -2.08. The largest absolute Gasteiger partial charge is 0.482 e. The van der Waals surface area contributed by atoms with Crippen LogP contribution in [0.15, 0.2) is 53.9 Å². The second-order valence-corrected chi connectivity index (χ2v) is 8.94. The van der Waals surface area contributed by atoms with Gasteiger partial charge in [-0.3, -0.25) is 9.36 Å². The van der Waals surface area contributed by atoms with Crippen LogP contribution in [0.3, 0.4) is 0 Å². The van der Waals surface area contributed by atoms with Crippen molar-refractivity contribution in [3.05, 3.63) is 76.4 Å². The van der Waals surface area contributed by atoms with Gasteiger partial charge in [0.05, 0.1) is 5.56 Å². The minimum Gasteiger partial charge on any atom is -0.482 e. The second-order valence-electron chi connectivity index (χ2n) is 8.03. The lowest BCUT2D eigenvalue weighted by atomic mass is 9.94. The minimum absolute atomic E-state index is 0.132. The highest BCUT2D eigenvalue weighted by molar-refractivity contribution is 9.10. The third-order valence-electron chi connectivity index (χ3n) is 5.58.